The largest absolute Gasteiger partial charge is 0.381 e. The highest BCUT2D eigenvalue weighted by Gasteiger charge is 2.18. The number of hydrogen-bond donors (Lipinski definition) is 2. The molecule has 158 valence electrons. The first-order valence-electron chi connectivity index (χ1n) is 10.4. The first-order chi connectivity index (χ1) is 12.5. The third kappa shape index (κ3) is 9.96. The number of carbonyl (C=O) groups excluding carboxylic acids is 1. The SMILES string of the molecule is CC(CCC1CCCCC1)NC(=NCC(=O)N(C)C)NCC1CCOC1.I. The minimum atomic E-state index is 0. The van der Waals surface area contributed by atoms with Crippen LogP contribution in [0, 0.1) is 11.8 Å². The third-order valence-corrected chi connectivity index (χ3v) is 5.57. The molecule has 2 atom stereocenters. The van der Waals surface area contributed by atoms with Crippen LogP contribution in [0.25, 0.3) is 0 Å². The average molecular weight is 494 g/mol. The summed E-state index contributed by atoms with van der Waals surface area (Å²) >= 11 is 0. The van der Waals surface area contributed by atoms with Crippen LogP contribution in [0.4, 0.5) is 0 Å². The summed E-state index contributed by atoms with van der Waals surface area (Å²) in [5.74, 6) is 2.20. The summed E-state index contributed by atoms with van der Waals surface area (Å²) in [6.45, 7) is 4.90. The van der Waals surface area contributed by atoms with Gasteiger partial charge in [-0.2, -0.15) is 0 Å². The number of rotatable bonds is 8. The number of aliphatic imine (C=N–C) groups is 1. The molecule has 1 heterocycles. The Morgan fingerprint density at radius 2 is 1.93 bits per heavy atom. The molecule has 6 nitrogen and oxygen atoms in total. The normalized spacial score (nSPS) is 22.0. The van der Waals surface area contributed by atoms with Crippen LogP contribution in [0.15, 0.2) is 4.99 Å². The van der Waals surface area contributed by atoms with Crippen LogP contribution < -0.4 is 10.6 Å². The molecule has 2 unspecified atom stereocenters. The Balaban J connectivity index is 0.00000364. The number of halogens is 1. The van der Waals surface area contributed by atoms with Crippen LogP contribution in [-0.2, 0) is 9.53 Å². The maximum atomic E-state index is 11.9. The van der Waals surface area contributed by atoms with Gasteiger partial charge in [0.25, 0.3) is 0 Å². The van der Waals surface area contributed by atoms with E-state index in [0.717, 1.165) is 44.5 Å². The van der Waals surface area contributed by atoms with Crippen LogP contribution in [0.1, 0.15) is 58.3 Å². The van der Waals surface area contributed by atoms with Crippen molar-refractivity contribution in [3.8, 4) is 0 Å². The molecule has 0 aromatic heterocycles. The number of ether oxygens (including phenoxy) is 1. The van der Waals surface area contributed by atoms with Crippen molar-refractivity contribution in [1.29, 1.82) is 0 Å². The second kappa shape index (κ2) is 13.6. The van der Waals surface area contributed by atoms with Gasteiger partial charge < -0.3 is 20.3 Å². The Morgan fingerprint density at radius 3 is 2.56 bits per heavy atom. The minimum absolute atomic E-state index is 0. The lowest BCUT2D eigenvalue weighted by atomic mass is 9.85. The fourth-order valence-corrected chi connectivity index (χ4v) is 3.69. The molecule has 2 N–H and O–H groups in total. The van der Waals surface area contributed by atoms with E-state index >= 15 is 0 Å². The highest BCUT2D eigenvalue weighted by atomic mass is 127. The van der Waals surface area contributed by atoms with E-state index in [-0.39, 0.29) is 36.4 Å². The maximum absolute atomic E-state index is 11.9. The predicted octanol–water partition coefficient (Wildman–Crippen LogP) is 3.01. The molecule has 1 aliphatic heterocycles. The Kier molecular flexibility index (Phi) is 12.3. The molecule has 0 aromatic rings. The van der Waals surface area contributed by atoms with E-state index < -0.39 is 0 Å². The van der Waals surface area contributed by atoms with Crippen molar-refractivity contribution in [3.63, 3.8) is 0 Å². The van der Waals surface area contributed by atoms with Crippen LogP contribution in [0.3, 0.4) is 0 Å². The van der Waals surface area contributed by atoms with E-state index in [2.05, 4.69) is 22.5 Å². The van der Waals surface area contributed by atoms with Gasteiger partial charge >= 0.3 is 0 Å². The van der Waals surface area contributed by atoms with Gasteiger partial charge in [-0.25, -0.2) is 4.99 Å². The second-order valence-electron chi connectivity index (χ2n) is 8.19. The lowest BCUT2D eigenvalue weighted by Crippen LogP contribution is -2.44. The minimum Gasteiger partial charge on any atom is -0.381 e. The monoisotopic (exact) mass is 494 g/mol. The number of amides is 1. The van der Waals surface area contributed by atoms with Crippen molar-refractivity contribution >= 4 is 35.8 Å². The van der Waals surface area contributed by atoms with Crippen LogP contribution in [0.5, 0.6) is 0 Å². The van der Waals surface area contributed by atoms with Crippen molar-refractivity contribution in [2.45, 2.75) is 64.3 Å². The smallest absolute Gasteiger partial charge is 0.243 e. The summed E-state index contributed by atoms with van der Waals surface area (Å²) in [4.78, 5) is 18.0. The van der Waals surface area contributed by atoms with Crippen molar-refractivity contribution in [3.05, 3.63) is 0 Å². The van der Waals surface area contributed by atoms with Gasteiger partial charge in [0.05, 0.1) is 6.61 Å². The third-order valence-electron chi connectivity index (χ3n) is 5.57. The van der Waals surface area contributed by atoms with Gasteiger partial charge in [0, 0.05) is 39.2 Å². The van der Waals surface area contributed by atoms with Crippen LogP contribution in [-0.4, -0.2) is 63.2 Å². The van der Waals surface area contributed by atoms with Gasteiger partial charge in [-0.15, -0.1) is 24.0 Å². The second-order valence-corrected chi connectivity index (χ2v) is 8.19. The van der Waals surface area contributed by atoms with Gasteiger partial charge in [-0.05, 0) is 32.1 Å². The summed E-state index contributed by atoms with van der Waals surface area (Å²) < 4.78 is 5.44. The zero-order chi connectivity index (χ0) is 18.8. The summed E-state index contributed by atoms with van der Waals surface area (Å²) in [5.41, 5.74) is 0. The fraction of sp³-hybridized carbons (Fsp3) is 0.900. The number of likely N-dealkylation sites (N-methyl/N-ethyl adjacent to an activating group) is 1. The van der Waals surface area contributed by atoms with E-state index in [1.165, 1.54) is 38.5 Å². The zero-order valence-corrected chi connectivity index (χ0v) is 19.7. The van der Waals surface area contributed by atoms with Crippen molar-refractivity contribution in [2.24, 2.45) is 16.8 Å². The molecule has 0 aromatic carbocycles. The molecule has 2 fully saturated rings. The van der Waals surface area contributed by atoms with Crippen molar-refractivity contribution in [2.75, 3.05) is 40.4 Å². The van der Waals surface area contributed by atoms with Gasteiger partial charge in [0.2, 0.25) is 5.91 Å². The van der Waals surface area contributed by atoms with E-state index in [4.69, 9.17) is 4.74 Å². The number of nitrogens with zero attached hydrogens (tertiary/aromatic N) is 2. The Morgan fingerprint density at radius 1 is 1.19 bits per heavy atom. The maximum Gasteiger partial charge on any atom is 0.243 e. The first-order valence-corrected chi connectivity index (χ1v) is 10.4. The molecule has 27 heavy (non-hydrogen) atoms. The van der Waals surface area contributed by atoms with Gasteiger partial charge in [0.15, 0.2) is 5.96 Å². The Bertz CT molecular complexity index is 447. The van der Waals surface area contributed by atoms with Crippen molar-refractivity contribution in [1.82, 2.24) is 15.5 Å². The van der Waals surface area contributed by atoms with E-state index in [1.807, 2.05) is 0 Å². The van der Waals surface area contributed by atoms with E-state index in [0.29, 0.717) is 12.0 Å². The molecule has 1 saturated carbocycles. The summed E-state index contributed by atoms with van der Waals surface area (Å²) in [6, 6.07) is 0.359. The molecular weight excluding hydrogens is 455 g/mol. The molecule has 1 aliphatic carbocycles. The Hall–Kier alpha value is -0.570. The van der Waals surface area contributed by atoms with Crippen LogP contribution in [0.2, 0.25) is 0 Å². The summed E-state index contributed by atoms with van der Waals surface area (Å²) in [5, 5.41) is 6.92. The lowest BCUT2D eigenvalue weighted by molar-refractivity contribution is -0.127. The topological polar surface area (TPSA) is 66.0 Å². The molecule has 0 bridgehead atoms. The number of hydrogen-bond acceptors (Lipinski definition) is 3. The summed E-state index contributed by atoms with van der Waals surface area (Å²) in [6.07, 6.45) is 10.5. The molecule has 1 saturated heterocycles. The average Bonchev–Trinajstić information content (AvgIpc) is 3.16. The molecule has 2 aliphatic rings. The highest BCUT2D eigenvalue weighted by molar-refractivity contribution is 14.0. The van der Waals surface area contributed by atoms with E-state index in [9.17, 15) is 4.79 Å². The summed E-state index contributed by atoms with van der Waals surface area (Å²) in [7, 11) is 3.53. The van der Waals surface area contributed by atoms with Crippen molar-refractivity contribution < 1.29 is 9.53 Å². The van der Waals surface area contributed by atoms with E-state index in [1.54, 1.807) is 19.0 Å². The molecule has 7 heteroatoms. The lowest BCUT2D eigenvalue weighted by Gasteiger charge is -2.24. The van der Waals surface area contributed by atoms with Gasteiger partial charge in [-0.3, -0.25) is 4.79 Å². The number of guanidine groups is 1. The number of carbonyl (C=O) groups is 1. The highest BCUT2D eigenvalue weighted by Crippen LogP contribution is 2.27. The standard InChI is InChI=1S/C20H38N4O2.HI/c1-16(9-10-17-7-5-4-6-8-17)23-20(22-14-19(25)24(2)3)21-13-18-11-12-26-15-18;/h16-18H,4-15H2,1-3H3,(H2,21,22,23);1H. The fourth-order valence-electron chi connectivity index (χ4n) is 3.69. The first kappa shape index (κ1) is 24.5. The van der Waals surface area contributed by atoms with Gasteiger partial charge in [-0.1, -0.05) is 32.1 Å². The Labute approximate surface area is 182 Å². The zero-order valence-electron chi connectivity index (χ0n) is 17.3. The quantitative estimate of drug-likeness (QED) is 0.310. The molecule has 1 amide bonds. The predicted molar refractivity (Wildman–Crippen MR) is 122 cm³/mol. The van der Waals surface area contributed by atoms with Gasteiger partial charge in [0.1, 0.15) is 6.54 Å². The molecule has 0 spiro atoms. The van der Waals surface area contributed by atoms with Crippen LogP contribution >= 0.6 is 24.0 Å². The molecule has 2 rings (SSSR count). The molecule has 0 radical (unpaired) electrons. The molecular formula is C20H39IN4O2. The number of nitrogens with one attached hydrogen (secondary N) is 2.